The third-order valence-corrected chi connectivity index (χ3v) is 2.57. The molecule has 2 aromatic rings. The lowest BCUT2D eigenvalue weighted by Gasteiger charge is -2.02. The molecule has 1 aromatic heterocycles. The van der Waals surface area contributed by atoms with Crippen molar-refractivity contribution in [1.82, 2.24) is 4.98 Å². The number of aryl methyl sites for hydroxylation is 2. The Morgan fingerprint density at radius 3 is 2.73 bits per heavy atom. The van der Waals surface area contributed by atoms with E-state index in [4.69, 9.17) is 5.11 Å². The van der Waals surface area contributed by atoms with Gasteiger partial charge in [0.15, 0.2) is 0 Å². The number of aromatic carboxylic acids is 1. The van der Waals surface area contributed by atoms with Crippen LogP contribution < -0.4 is 0 Å². The van der Waals surface area contributed by atoms with Gasteiger partial charge in [-0.15, -0.1) is 0 Å². The van der Waals surface area contributed by atoms with Gasteiger partial charge >= 0.3 is 5.97 Å². The van der Waals surface area contributed by atoms with E-state index in [1.54, 1.807) is 12.1 Å². The number of rotatable bonds is 2. The van der Waals surface area contributed by atoms with E-state index in [9.17, 15) is 4.79 Å². The molecule has 3 nitrogen and oxygen atoms in total. The monoisotopic (exact) mass is 203 g/mol. The van der Waals surface area contributed by atoms with Gasteiger partial charge in [-0.25, -0.2) is 4.79 Å². The van der Waals surface area contributed by atoms with Crippen molar-refractivity contribution < 1.29 is 9.90 Å². The number of nitrogens with one attached hydrogen (secondary N) is 1. The van der Waals surface area contributed by atoms with E-state index in [1.165, 1.54) is 0 Å². The van der Waals surface area contributed by atoms with Crippen LogP contribution in [-0.2, 0) is 6.42 Å². The second-order valence-electron chi connectivity index (χ2n) is 3.71. The summed E-state index contributed by atoms with van der Waals surface area (Å²) in [6, 6.07) is 5.42. The molecule has 3 heteroatoms. The van der Waals surface area contributed by atoms with Gasteiger partial charge in [0.25, 0.3) is 0 Å². The van der Waals surface area contributed by atoms with Gasteiger partial charge in [0.05, 0.1) is 5.56 Å². The Bertz CT molecular complexity index is 526. The van der Waals surface area contributed by atoms with Crippen LogP contribution in [-0.4, -0.2) is 16.1 Å². The van der Waals surface area contributed by atoms with Crippen LogP contribution in [0.15, 0.2) is 18.2 Å². The summed E-state index contributed by atoms with van der Waals surface area (Å²) in [5, 5.41) is 9.94. The Balaban J connectivity index is 2.76. The minimum atomic E-state index is -0.870. The lowest BCUT2D eigenvalue weighted by Crippen LogP contribution is -1.97. The fraction of sp³-hybridized carbons (Fsp3) is 0.250. The Morgan fingerprint density at radius 2 is 2.13 bits per heavy atom. The largest absolute Gasteiger partial charge is 0.478 e. The molecule has 0 saturated carbocycles. The number of fused-ring (bicyclic) bond motifs is 1. The fourth-order valence-corrected chi connectivity index (χ4v) is 1.86. The van der Waals surface area contributed by atoms with E-state index in [-0.39, 0.29) is 0 Å². The van der Waals surface area contributed by atoms with Crippen molar-refractivity contribution >= 4 is 16.9 Å². The average molecular weight is 203 g/mol. The second kappa shape index (κ2) is 3.42. The summed E-state index contributed by atoms with van der Waals surface area (Å²) in [6.07, 6.45) is 0.831. The maximum atomic E-state index is 10.9. The Kier molecular flexibility index (Phi) is 2.23. The molecule has 78 valence electrons. The molecule has 0 spiro atoms. The summed E-state index contributed by atoms with van der Waals surface area (Å²) in [5.41, 5.74) is 3.53. The summed E-state index contributed by atoms with van der Waals surface area (Å²) >= 11 is 0. The van der Waals surface area contributed by atoms with Crippen molar-refractivity contribution in [3.05, 3.63) is 35.0 Å². The molecule has 0 aliphatic rings. The van der Waals surface area contributed by atoms with Crippen molar-refractivity contribution in [3.63, 3.8) is 0 Å². The van der Waals surface area contributed by atoms with Gasteiger partial charge in [0, 0.05) is 16.6 Å². The van der Waals surface area contributed by atoms with Crippen molar-refractivity contribution in [3.8, 4) is 0 Å². The van der Waals surface area contributed by atoms with E-state index >= 15 is 0 Å². The van der Waals surface area contributed by atoms with Gasteiger partial charge in [0.1, 0.15) is 0 Å². The lowest BCUT2D eigenvalue weighted by molar-refractivity contribution is 0.0697. The number of carboxylic acids is 1. The summed E-state index contributed by atoms with van der Waals surface area (Å²) in [7, 11) is 0. The van der Waals surface area contributed by atoms with Crippen LogP contribution in [0.3, 0.4) is 0 Å². The van der Waals surface area contributed by atoms with Gasteiger partial charge in [-0.2, -0.15) is 0 Å². The number of hydrogen-bond donors (Lipinski definition) is 2. The molecule has 0 aliphatic heterocycles. The van der Waals surface area contributed by atoms with Crippen LogP contribution in [0.1, 0.15) is 28.5 Å². The Hall–Kier alpha value is -1.77. The van der Waals surface area contributed by atoms with Crippen molar-refractivity contribution in [2.45, 2.75) is 20.3 Å². The molecule has 15 heavy (non-hydrogen) atoms. The zero-order chi connectivity index (χ0) is 11.0. The molecule has 0 saturated heterocycles. The number of carbonyl (C=O) groups is 1. The summed E-state index contributed by atoms with van der Waals surface area (Å²) in [5.74, 6) is -0.870. The minimum Gasteiger partial charge on any atom is -0.478 e. The molecule has 0 unspecified atom stereocenters. The molecular formula is C12H13NO2. The van der Waals surface area contributed by atoms with Gasteiger partial charge in [0.2, 0.25) is 0 Å². The summed E-state index contributed by atoms with van der Waals surface area (Å²) in [4.78, 5) is 14.2. The van der Waals surface area contributed by atoms with E-state index in [2.05, 4.69) is 4.98 Å². The normalized spacial score (nSPS) is 10.8. The van der Waals surface area contributed by atoms with E-state index in [1.807, 2.05) is 19.9 Å². The second-order valence-corrected chi connectivity index (χ2v) is 3.71. The first-order chi connectivity index (χ1) is 7.11. The molecular weight excluding hydrogens is 190 g/mol. The number of hydrogen-bond acceptors (Lipinski definition) is 1. The highest BCUT2D eigenvalue weighted by molar-refractivity contribution is 5.95. The Labute approximate surface area is 87.7 Å². The van der Waals surface area contributed by atoms with Crippen LogP contribution >= 0.6 is 0 Å². The molecule has 0 amide bonds. The number of benzene rings is 1. The maximum absolute atomic E-state index is 10.9. The molecule has 0 bridgehead atoms. The van der Waals surface area contributed by atoms with E-state index < -0.39 is 5.97 Å². The van der Waals surface area contributed by atoms with Crippen LogP contribution in [0.2, 0.25) is 0 Å². The number of aromatic amines is 1. The van der Waals surface area contributed by atoms with Crippen LogP contribution in [0.25, 0.3) is 10.9 Å². The van der Waals surface area contributed by atoms with E-state index in [0.29, 0.717) is 5.56 Å². The van der Waals surface area contributed by atoms with Gasteiger partial charge in [-0.05, 0) is 37.1 Å². The predicted molar refractivity (Wildman–Crippen MR) is 59.4 cm³/mol. The molecule has 0 atom stereocenters. The molecule has 2 rings (SSSR count). The molecule has 1 aromatic carbocycles. The lowest BCUT2D eigenvalue weighted by atomic mass is 10.0. The number of aromatic nitrogens is 1. The molecule has 0 fully saturated rings. The average Bonchev–Trinajstić information content (AvgIpc) is 2.56. The molecule has 1 heterocycles. The third-order valence-electron chi connectivity index (χ3n) is 2.57. The topological polar surface area (TPSA) is 53.1 Å². The van der Waals surface area contributed by atoms with Crippen LogP contribution in [0.4, 0.5) is 0 Å². The zero-order valence-electron chi connectivity index (χ0n) is 8.79. The van der Waals surface area contributed by atoms with Gasteiger partial charge in [-0.1, -0.05) is 6.92 Å². The van der Waals surface area contributed by atoms with Gasteiger partial charge < -0.3 is 10.1 Å². The van der Waals surface area contributed by atoms with Crippen molar-refractivity contribution in [1.29, 1.82) is 0 Å². The molecule has 0 aliphatic carbocycles. The smallest absolute Gasteiger partial charge is 0.335 e. The number of carboxylic acid groups (broad SMARTS) is 1. The maximum Gasteiger partial charge on any atom is 0.335 e. The minimum absolute atomic E-state index is 0.360. The first kappa shape index (κ1) is 9.77. The standard InChI is InChI=1S/C12H13NO2/c1-3-8-5-10(12(14)15)6-9-4-7(2)13-11(8)9/h4-6,13H,3H2,1-2H3,(H,14,15). The van der Waals surface area contributed by atoms with Crippen LogP contribution in [0.5, 0.6) is 0 Å². The third kappa shape index (κ3) is 1.61. The highest BCUT2D eigenvalue weighted by atomic mass is 16.4. The molecule has 2 N–H and O–H groups in total. The summed E-state index contributed by atoms with van der Waals surface area (Å²) < 4.78 is 0. The predicted octanol–water partition coefficient (Wildman–Crippen LogP) is 2.74. The molecule has 0 radical (unpaired) electrons. The zero-order valence-corrected chi connectivity index (χ0v) is 8.79. The quantitative estimate of drug-likeness (QED) is 0.788. The highest BCUT2D eigenvalue weighted by Crippen LogP contribution is 2.22. The summed E-state index contributed by atoms with van der Waals surface area (Å²) in [6.45, 7) is 4.00. The first-order valence-electron chi connectivity index (χ1n) is 4.97. The Morgan fingerprint density at radius 1 is 1.40 bits per heavy atom. The fourth-order valence-electron chi connectivity index (χ4n) is 1.86. The highest BCUT2D eigenvalue weighted by Gasteiger charge is 2.09. The van der Waals surface area contributed by atoms with Crippen molar-refractivity contribution in [2.75, 3.05) is 0 Å². The van der Waals surface area contributed by atoms with Crippen LogP contribution in [0, 0.1) is 6.92 Å². The van der Waals surface area contributed by atoms with E-state index in [0.717, 1.165) is 28.6 Å². The SMILES string of the molecule is CCc1cc(C(=O)O)cc2cc(C)[nH]c12. The van der Waals surface area contributed by atoms with Gasteiger partial charge in [-0.3, -0.25) is 0 Å². The first-order valence-corrected chi connectivity index (χ1v) is 4.97. The van der Waals surface area contributed by atoms with Crippen molar-refractivity contribution in [2.24, 2.45) is 0 Å². The number of H-pyrrole nitrogens is 1.